The molecular formula is C13H20ClN3. The molecule has 0 saturated carbocycles. The van der Waals surface area contributed by atoms with Crippen molar-refractivity contribution in [2.45, 2.75) is 12.8 Å². The van der Waals surface area contributed by atoms with Crippen molar-refractivity contribution >= 4 is 23.0 Å². The lowest BCUT2D eigenvalue weighted by Crippen LogP contribution is -2.16. The summed E-state index contributed by atoms with van der Waals surface area (Å²) in [5.74, 6) is 0.813. The highest BCUT2D eigenvalue weighted by Gasteiger charge is 2.18. The maximum atomic E-state index is 5.94. The smallest absolute Gasteiger partial charge is 0.0588 e. The van der Waals surface area contributed by atoms with Gasteiger partial charge in [-0.1, -0.05) is 11.6 Å². The van der Waals surface area contributed by atoms with E-state index in [1.54, 1.807) is 0 Å². The van der Waals surface area contributed by atoms with Crippen molar-refractivity contribution in [3.05, 3.63) is 23.2 Å². The lowest BCUT2D eigenvalue weighted by molar-refractivity contribution is 0.390. The van der Waals surface area contributed by atoms with Gasteiger partial charge in [0.25, 0.3) is 0 Å². The van der Waals surface area contributed by atoms with E-state index in [0.717, 1.165) is 28.9 Å². The molecule has 17 heavy (non-hydrogen) atoms. The molecule has 0 spiro atoms. The summed E-state index contributed by atoms with van der Waals surface area (Å²) in [6.45, 7) is 3.40. The fraction of sp³-hybridized carbons (Fsp3) is 0.538. The average molecular weight is 254 g/mol. The summed E-state index contributed by atoms with van der Waals surface area (Å²) >= 11 is 5.94. The van der Waals surface area contributed by atoms with E-state index < -0.39 is 0 Å². The topological polar surface area (TPSA) is 41.3 Å². The Morgan fingerprint density at radius 3 is 3.06 bits per heavy atom. The van der Waals surface area contributed by atoms with Gasteiger partial charge in [-0.05, 0) is 50.6 Å². The molecule has 0 bridgehead atoms. The van der Waals surface area contributed by atoms with Gasteiger partial charge in [-0.15, -0.1) is 0 Å². The fourth-order valence-corrected chi connectivity index (χ4v) is 2.53. The Morgan fingerprint density at radius 1 is 1.53 bits per heavy atom. The third-order valence-electron chi connectivity index (χ3n) is 3.37. The summed E-state index contributed by atoms with van der Waals surface area (Å²) in [5, 5.41) is 4.09. The molecule has 4 heteroatoms. The number of halogens is 1. The number of benzene rings is 1. The normalized spacial score (nSPS) is 20.7. The maximum Gasteiger partial charge on any atom is 0.0588 e. The first kappa shape index (κ1) is 12.5. The van der Waals surface area contributed by atoms with E-state index in [2.05, 4.69) is 17.3 Å². The standard InChI is InChI=1S/C13H20ClN3/c1-17-7-5-10(9-17)4-6-16-13-8-11(14)2-3-12(13)15/h2-3,8,10,16H,4-7,9,15H2,1H3. The fourth-order valence-electron chi connectivity index (χ4n) is 2.35. The first-order valence-electron chi connectivity index (χ1n) is 6.12. The summed E-state index contributed by atoms with van der Waals surface area (Å²) in [6.07, 6.45) is 2.50. The van der Waals surface area contributed by atoms with Crippen molar-refractivity contribution in [2.75, 3.05) is 37.7 Å². The lowest BCUT2D eigenvalue weighted by atomic mass is 10.1. The van der Waals surface area contributed by atoms with E-state index in [9.17, 15) is 0 Å². The number of hydrogen-bond acceptors (Lipinski definition) is 3. The zero-order valence-corrected chi connectivity index (χ0v) is 11.0. The summed E-state index contributed by atoms with van der Waals surface area (Å²) in [5.41, 5.74) is 7.59. The van der Waals surface area contributed by atoms with Gasteiger partial charge < -0.3 is 16.0 Å². The quantitative estimate of drug-likeness (QED) is 0.811. The monoisotopic (exact) mass is 253 g/mol. The number of nitrogens with two attached hydrogens (primary N) is 1. The Kier molecular flexibility index (Phi) is 4.13. The first-order valence-corrected chi connectivity index (χ1v) is 6.50. The molecular weight excluding hydrogens is 234 g/mol. The van der Waals surface area contributed by atoms with Crippen LogP contribution in [0.2, 0.25) is 5.02 Å². The van der Waals surface area contributed by atoms with Crippen LogP contribution in [0.5, 0.6) is 0 Å². The van der Waals surface area contributed by atoms with Gasteiger partial charge in [0.05, 0.1) is 11.4 Å². The Bertz CT molecular complexity index is 381. The average Bonchev–Trinajstić information content (AvgIpc) is 2.69. The molecule has 3 nitrogen and oxygen atoms in total. The number of nitrogens with zero attached hydrogens (tertiary/aromatic N) is 1. The lowest BCUT2D eigenvalue weighted by Gasteiger charge is -2.13. The van der Waals surface area contributed by atoms with Gasteiger partial charge in [-0.25, -0.2) is 0 Å². The van der Waals surface area contributed by atoms with E-state index in [1.165, 1.54) is 25.9 Å². The molecule has 0 aromatic heterocycles. The molecule has 1 aliphatic heterocycles. The Balaban J connectivity index is 1.80. The summed E-state index contributed by atoms with van der Waals surface area (Å²) in [7, 11) is 2.18. The molecule has 94 valence electrons. The second-order valence-corrected chi connectivity index (χ2v) is 5.30. The molecule has 1 fully saturated rings. The van der Waals surface area contributed by atoms with Crippen molar-refractivity contribution in [3.8, 4) is 0 Å². The van der Waals surface area contributed by atoms with Crippen LogP contribution in [0.3, 0.4) is 0 Å². The molecule has 1 unspecified atom stereocenters. The summed E-state index contributed by atoms with van der Waals surface area (Å²) in [4.78, 5) is 2.39. The summed E-state index contributed by atoms with van der Waals surface area (Å²) in [6, 6.07) is 5.54. The number of likely N-dealkylation sites (tertiary alicyclic amines) is 1. The van der Waals surface area contributed by atoms with E-state index in [1.807, 2.05) is 18.2 Å². The molecule has 1 heterocycles. The Hall–Kier alpha value is -0.930. The molecule has 1 saturated heterocycles. The number of nitrogen functional groups attached to an aromatic ring is 1. The molecule has 2 rings (SSSR count). The van der Waals surface area contributed by atoms with Gasteiger partial charge in [0, 0.05) is 18.1 Å². The van der Waals surface area contributed by atoms with Crippen LogP contribution >= 0.6 is 11.6 Å². The number of rotatable bonds is 4. The van der Waals surface area contributed by atoms with Gasteiger partial charge in [-0.3, -0.25) is 0 Å². The highest BCUT2D eigenvalue weighted by molar-refractivity contribution is 6.31. The van der Waals surface area contributed by atoms with Crippen LogP contribution in [-0.2, 0) is 0 Å². The van der Waals surface area contributed by atoms with Gasteiger partial charge in [0.15, 0.2) is 0 Å². The Labute approximate surface area is 108 Å². The van der Waals surface area contributed by atoms with Crippen LogP contribution in [-0.4, -0.2) is 31.6 Å². The predicted molar refractivity (Wildman–Crippen MR) is 74.6 cm³/mol. The van der Waals surface area contributed by atoms with E-state index in [4.69, 9.17) is 17.3 Å². The van der Waals surface area contributed by atoms with Crippen LogP contribution < -0.4 is 11.1 Å². The molecule has 0 amide bonds. The van der Waals surface area contributed by atoms with E-state index in [0.29, 0.717) is 0 Å². The minimum Gasteiger partial charge on any atom is -0.397 e. The van der Waals surface area contributed by atoms with Crippen molar-refractivity contribution in [1.82, 2.24) is 4.90 Å². The van der Waals surface area contributed by atoms with Crippen LogP contribution in [0.1, 0.15) is 12.8 Å². The minimum absolute atomic E-state index is 0.724. The number of nitrogens with one attached hydrogen (secondary N) is 1. The van der Waals surface area contributed by atoms with E-state index in [-0.39, 0.29) is 0 Å². The third kappa shape index (κ3) is 3.51. The molecule has 1 aliphatic rings. The van der Waals surface area contributed by atoms with E-state index >= 15 is 0 Å². The van der Waals surface area contributed by atoms with Gasteiger partial charge in [0.1, 0.15) is 0 Å². The van der Waals surface area contributed by atoms with Crippen LogP contribution in [0, 0.1) is 5.92 Å². The zero-order valence-electron chi connectivity index (χ0n) is 10.2. The maximum absolute atomic E-state index is 5.94. The highest BCUT2D eigenvalue weighted by Crippen LogP contribution is 2.24. The van der Waals surface area contributed by atoms with Crippen molar-refractivity contribution in [1.29, 1.82) is 0 Å². The third-order valence-corrected chi connectivity index (χ3v) is 3.61. The minimum atomic E-state index is 0.724. The van der Waals surface area contributed by atoms with Crippen molar-refractivity contribution < 1.29 is 0 Å². The van der Waals surface area contributed by atoms with Crippen LogP contribution in [0.4, 0.5) is 11.4 Å². The van der Waals surface area contributed by atoms with Gasteiger partial charge in [0.2, 0.25) is 0 Å². The second-order valence-electron chi connectivity index (χ2n) is 4.86. The predicted octanol–water partition coefficient (Wildman–Crippen LogP) is 2.68. The largest absolute Gasteiger partial charge is 0.397 e. The molecule has 1 aromatic rings. The van der Waals surface area contributed by atoms with Crippen LogP contribution in [0.15, 0.2) is 18.2 Å². The number of hydrogen-bond donors (Lipinski definition) is 2. The van der Waals surface area contributed by atoms with Crippen LogP contribution in [0.25, 0.3) is 0 Å². The Morgan fingerprint density at radius 2 is 2.35 bits per heavy atom. The van der Waals surface area contributed by atoms with Crippen molar-refractivity contribution in [3.63, 3.8) is 0 Å². The number of anilines is 2. The summed E-state index contributed by atoms with van der Waals surface area (Å²) < 4.78 is 0. The zero-order chi connectivity index (χ0) is 12.3. The molecule has 1 aromatic carbocycles. The second kappa shape index (κ2) is 5.61. The first-order chi connectivity index (χ1) is 8.15. The SMILES string of the molecule is CN1CCC(CCNc2cc(Cl)ccc2N)C1. The molecule has 3 N–H and O–H groups in total. The molecule has 0 radical (unpaired) electrons. The molecule has 1 atom stereocenters. The van der Waals surface area contributed by atoms with Gasteiger partial charge in [-0.2, -0.15) is 0 Å². The van der Waals surface area contributed by atoms with Gasteiger partial charge >= 0.3 is 0 Å². The highest BCUT2D eigenvalue weighted by atomic mass is 35.5. The van der Waals surface area contributed by atoms with Crippen molar-refractivity contribution in [2.24, 2.45) is 5.92 Å². The molecule has 0 aliphatic carbocycles.